The Morgan fingerprint density at radius 1 is 1.10 bits per heavy atom. The highest BCUT2D eigenvalue weighted by molar-refractivity contribution is 7.71. The van der Waals surface area contributed by atoms with Gasteiger partial charge in [-0.15, -0.1) is 5.10 Å². The molecule has 5 rings (SSSR count). The number of hydrogen-bond acceptors (Lipinski definition) is 3. The smallest absolute Gasteiger partial charge is 0.207 e. The highest BCUT2D eigenvalue weighted by atomic mass is 35.5. The first-order valence-electron chi connectivity index (χ1n) is 9.64. The van der Waals surface area contributed by atoms with Crippen LogP contribution in [0.1, 0.15) is 0 Å². The van der Waals surface area contributed by atoms with Crippen molar-refractivity contribution in [2.45, 2.75) is 6.67 Å². The number of benzene rings is 2. The van der Waals surface area contributed by atoms with Gasteiger partial charge in [-0.2, -0.15) is 4.68 Å². The van der Waals surface area contributed by atoms with Crippen molar-refractivity contribution in [2.75, 3.05) is 26.3 Å². The lowest BCUT2D eigenvalue weighted by molar-refractivity contribution is -0.930. The van der Waals surface area contributed by atoms with Crippen LogP contribution >= 0.6 is 23.8 Å². The van der Waals surface area contributed by atoms with Gasteiger partial charge in [-0.05, 0) is 42.5 Å². The number of rotatable bonds is 4. The molecule has 0 radical (unpaired) electrons. The first kappa shape index (κ1) is 18.6. The summed E-state index contributed by atoms with van der Waals surface area (Å²) in [5.74, 6) is 0.822. The number of ether oxygens (including phenoxy) is 1. The number of aromatic nitrogens is 4. The van der Waals surface area contributed by atoms with Crippen molar-refractivity contribution in [3.8, 4) is 17.1 Å². The Morgan fingerprint density at radius 3 is 2.66 bits per heavy atom. The summed E-state index contributed by atoms with van der Waals surface area (Å²) in [6.07, 6.45) is 2.00. The van der Waals surface area contributed by atoms with Crippen molar-refractivity contribution in [3.05, 3.63) is 64.5 Å². The van der Waals surface area contributed by atoms with Crippen molar-refractivity contribution < 1.29 is 9.64 Å². The summed E-state index contributed by atoms with van der Waals surface area (Å²) in [5.41, 5.74) is 3.05. The summed E-state index contributed by atoms with van der Waals surface area (Å²) in [5, 5.41) is 6.77. The number of nitrogens with one attached hydrogen (secondary N) is 2. The van der Waals surface area contributed by atoms with Gasteiger partial charge in [0.05, 0.1) is 18.9 Å². The summed E-state index contributed by atoms with van der Waals surface area (Å²) in [6, 6.07) is 15.9. The molecule has 3 heterocycles. The van der Waals surface area contributed by atoms with E-state index >= 15 is 0 Å². The van der Waals surface area contributed by atoms with Crippen molar-refractivity contribution >= 4 is 34.7 Å². The molecule has 0 aliphatic carbocycles. The van der Waals surface area contributed by atoms with Crippen LogP contribution in [0.25, 0.3) is 28.0 Å². The Balaban J connectivity index is 1.66. The zero-order valence-electron chi connectivity index (χ0n) is 15.8. The van der Waals surface area contributed by atoms with E-state index in [0.717, 1.165) is 61.0 Å². The lowest BCUT2D eigenvalue weighted by atomic mass is 10.1. The monoisotopic (exact) mass is 426 g/mol. The fourth-order valence-corrected chi connectivity index (χ4v) is 4.22. The maximum absolute atomic E-state index is 6.11. The van der Waals surface area contributed by atoms with Crippen LogP contribution < -0.4 is 4.90 Å². The highest BCUT2D eigenvalue weighted by Gasteiger charge is 2.21. The second-order valence-corrected chi connectivity index (χ2v) is 7.99. The average molecular weight is 427 g/mol. The Kier molecular flexibility index (Phi) is 4.97. The quantitative estimate of drug-likeness (QED) is 0.493. The average Bonchev–Trinajstić information content (AvgIpc) is 3.31. The third-order valence-electron chi connectivity index (χ3n) is 5.33. The van der Waals surface area contributed by atoms with E-state index in [4.69, 9.17) is 33.7 Å². The van der Waals surface area contributed by atoms with Crippen molar-refractivity contribution in [2.24, 2.45) is 0 Å². The van der Waals surface area contributed by atoms with Crippen LogP contribution in [0.2, 0.25) is 5.02 Å². The van der Waals surface area contributed by atoms with Gasteiger partial charge in [0.25, 0.3) is 0 Å². The number of aromatic amines is 1. The Hall–Kier alpha value is -2.45. The molecule has 0 unspecified atom stereocenters. The Morgan fingerprint density at radius 2 is 1.86 bits per heavy atom. The van der Waals surface area contributed by atoms with Crippen LogP contribution in [0.3, 0.4) is 0 Å². The minimum Gasteiger partial charge on any atom is -0.370 e. The van der Waals surface area contributed by atoms with Crippen LogP contribution in [0.5, 0.6) is 0 Å². The lowest BCUT2D eigenvalue weighted by Crippen LogP contribution is -3.13. The number of quaternary nitrogens is 1. The molecule has 1 aliphatic rings. The van der Waals surface area contributed by atoms with Gasteiger partial charge in [-0.3, -0.25) is 4.57 Å². The fraction of sp³-hybridized carbons (Fsp3) is 0.238. The Labute approximate surface area is 178 Å². The van der Waals surface area contributed by atoms with Gasteiger partial charge in [0.1, 0.15) is 13.1 Å². The molecular formula is C21H21ClN5OS+. The van der Waals surface area contributed by atoms with Crippen LogP contribution in [0.15, 0.2) is 54.7 Å². The minimum absolute atomic E-state index is 0.673. The van der Waals surface area contributed by atoms with Gasteiger partial charge < -0.3 is 14.6 Å². The van der Waals surface area contributed by atoms with Gasteiger partial charge in [0.2, 0.25) is 4.77 Å². The van der Waals surface area contributed by atoms with Crippen molar-refractivity contribution in [3.63, 3.8) is 0 Å². The number of para-hydroxylation sites is 1. The van der Waals surface area contributed by atoms with E-state index in [9.17, 15) is 0 Å². The molecule has 1 aliphatic heterocycles. The zero-order chi connectivity index (χ0) is 19.8. The van der Waals surface area contributed by atoms with Crippen molar-refractivity contribution in [1.29, 1.82) is 0 Å². The molecule has 1 fully saturated rings. The summed E-state index contributed by atoms with van der Waals surface area (Å²) in [7, 11) is 0. The molecule has 0 amide bonds. The number of morpholine rings is 1. The van der Waals surface area contributed by atoms with E-state index in [1.165, 1.54) is 4.90 Å². The Bertz CT molecular complexity index is 1200. The van der Waals surface area contributed by atoms with Gasteiger partial charge >= 0.3 is 0 Å². The van der Waals surface area contributed by atoms with E-state index in [1.54, 1.807) is 0 Å². The number of nitrogens with zero attached hydrogens (tertiary/aromatic N) is 3. The number of hydrogen-bond donors (Lipinski definition) is 2. The normalized spacial score (nSPS) is 15.2. The third-order valence-corrected chi connectivity index (χ3v) is 5.97. The molecule has 0 atom stereocenters. The zero-order valence-corrected chi connectivity index (χ0v) is 17.3. The molecule has 0 bridgehead atoms. The second-order valence-electron chi connectivity index (χ2n) is 7.19. The highest BCUT2D eigenvalue weighted by Crippen LogP contribution is 2.29. The number of H-pyrrole nitrogens is 1. The molecule has 0 spiro atoms. The van der Waals surface area contributed by atoms with E-state index in [2.05, 4.69) is 17.1 Å². The molecule has 29 heavy (non-hydrogen) atoms. The first-order chi connectivity index (χ1) is 14.2. The second kappa shape index (κ2) is 7.76. The van der Waals surface area contributed by atoms with Crippen LogP contribution in [-0.4, -0.2) is 45.6 Å². The number of fused-ring (bicyclic) bond motifs is 1. The minimum atomic E-state index is 0.673. The molecular weight excluding hydrogens is 406 g/mol. The summed E-state index contributed by atoms with van der Waals surface area (Å²) < 4.78 is 10.1. The van der Waals surface area contributed by atoms with Gasteiger partial charge in [0.15, 0.2) is 12.5 Å². The van der Waals surface area contributed by atoms with E-state index in [1.807, 2.05) is 51.8 Å². The molecule has 148 valence electrons. The first-order valence-corrected chi connectivity index (χ1v) is 10.4. The molecule has 2 N–H and O–H groups in total. The predicted molar refractivity (Wildman–Crippen MR) is 116 cm³/mol. The van der Waals surface area contributed by atoms with Gasteiger partial charge in [-0.1, -0.05) is 29.8 Å². The van der Waals surface area contributed by atoms with Crippen molar-refractivity contribution in [1.82, 2.24) is 19.3 Å². The largest absolute Gasteiger partial charge is 0.370 e. The molecule has 4 aromatic rings. The SMILES string of the molecule is S=c1n(C[NH+]2CCOCC2)nc(-c2c[nH]c3ccccc23)n1-c1ccc(Cl)cc1. The van der Waals surface area contributed by atoms with E-state index < -0.39 is 0 Å². The molecule has 0 saturated carbocycles. The lowest BCUT2D eigenvalue weighted by Gasteiger charge is -2.23. The maximum Gasteiger partial charge on any atom is 0.207 e. The van der Waals surface area contributed by atoms with E-state index in [0.29, 0.717) is 9.79 Å². The molecule has 8 heteroatoms. The van der Waals surface area contributed by atoms with E-state index in [-0.39, 0.29) is 0 Å². The number of halogens is 1. The van der Waals surface area contributed by atoms with Crippen LogP contribution in [-0.2, 0) is 11.4 Å². The van der Waals surface area contributed by atoms with Gasteiger partial charge in [0, 0.05) is 27.7 Å². The maximum atomic E-state index is 6.11. The molecule has 6 nitrogen and oxygen atoms in total. The van der Waals surface area contributed by atoms with Crippen LogP contribution in [0, 0.1) is 4.77 Å². The summed E-state index contributed by atoms with van der Waals surface area (Å²) in [4.78, 5) is 4.76. The summed E-state index contributed by atoms with van der Waals surface area (Å²) in [6.45, 7) is 4.18. The molecule has 2 aromatic carbocycles. The standard InChI is InChI=1S/C21H20ClN5OS/c22-15-5-7-16(8-6-15)27-20(18-13-23-19-4-2-1-3-17(18)19)24-26(21(27)29)14-25-9-11-28-12-10-25/h1-8,13,23H,9-12,14H2/p+1. The topological polar surface area (TPSA) is 52.2 Å². The molecule has 1 saturated heterocycles. The fourth-order valence-electron chi connectivity index (χ4n) is 3.79. The van der Waals surface area contributed by atoms with Crippen LogP contribution in [0.4, 0.5) is 0 Å². The summed E-state index contributed by atoms with van der Waals surface area (Å²) >= 11 is 12.0. The predicted octanol–water partition coefficient (Wildman–Crippen LogP) is 3.08. The third kappa shape index (κ3) is 3.51. The molecule has 2 aromatic heterocycles. The van der Waals surface area contributed by atoms with Gasteiger partial charge in [-0.25, -0.2) is 0 Å².